The second-order valence-corrected chi connectivity index (χ2v) is 3.41. The summed E-state index contributed by atoms with van der Waals surface area (Å²) >= 11 is 3.26. The number of rotatable bonds is 2. The van der Waals surface area contributed by atoms with Gasteiger partial charge >= 0.3 is 0 Å². The Morgan fingerprint density at radius 1 is 1.23 bits per heavy atom. The molecule has 0 aliphatic carbocycles. The highest BCUT2D eigenvalue weighted by atomic mass is 79.9. The highest BCUT2D eigenvalue weighted by Gasteiger charge is 2.18. The molecule has 3 nitrogen and oxygen atoms in total. The molecular formula is C9H7BrO3. The molecular weight excluding hydrogens is 236 g/mol. The van der Waals surface area contributed by atoms with Crippen LogP contribution in [0.1, 0.15) is 17.6 Å². The minimum Gasteiger partial charge on any atom is -0.466 e. The summed E-state index contributed by atoms with van der Waals surface area (Å²) < 4.78 is 10.9. The highest BCUT2D eigenvalue weighted by molar-refractivity contribution is 9.10. The normalized spacial score (nSPS) is 13.1. The highest BCUT2D eigenvalue weighted by Crippen LogP contribution is 2.29. The molecule has 1 N–H and O–H groups in total. The van der Waals surface area contributed by atoms with Crippen molar-refractivity contribution in [2.45, 2.75) is 6.10 Å². The van der Waals surface area contributed by atoms with Gasteiger partial charge < -0.3 is 13.9 Å². The maximum Gasteiger partial charge on any atom is 0.170 e. The summed E-state index contributed by atoms with van der Waals surface area (Å²) in [5, 5.41) is 9.73. The summed E-state index contributed by atoms with van der Waals surface area (Å²) in [6, 6.07) is 5.14. The molecule has 1 atom stereocenters. The van der Waals surface area contributed by atoms with E-state index in [-0.39, 0.29) is 0 Å². The fourth-order valence-electron chi connectivity index (χ4n) is 1.08. The molecule has 0 radical (unpaired) electrons. The lowest BCUT2D eigenvalue weighted by Crippen LogP contribution is -1.96. The molecule has 0 amide bonds. The molecule has 0 bridgehead atoms. The van der Waals surface area contributed by atoms with Crippen LogP contribution in [0.2, 0.25) is 0 Å². The molecule has 0 saturated heterocycles. The predicted octanol–water partition coefficient (Wildman–Crippen LogP) is 2.72. The van der Waals surface area contributed by atoms with E-state index < -0.39 is 6.10 Å². The van der Waals surface area contributed by atoms with Crippen molar-refractivity contribution in [3.05, 3.63) is 46.7 Å². The predicted molar refractivity (Wildman–Crippen MR) is 49.2 cm³/mol. The number of aliphatic hydroxyl groups is 1. The molecule has 2 aromatic heterocycles. The monoisotopic (exact) mass is 242 g/mol. The lowest BCUT2D eigenvalue weighted by Gasteiger charge is -2.03. The Kier molecular flexibility index (Phi) is 2.24. The molecule has 0 fully saturated rings. The second kappa shape index (κ2) is 3.40. The molecule has 2 aromatic rings. The Labute approximate surface area is 83.1 Å². The minimum atomic E-state index is -0.848. The van der Waals surface area contributed by atoms with Gasteiger partial charge in [0, 0.05) is 0 Å². The first-order chi connectivity index (χ1) is 6.29. The topological polar surface area (TPSA) is 46.5 Å². The summed E-state index contributed by atoms with van der Waals surface area (Å²) in [6.07, 6.45) is 2.17. The maximum atomic E-state index is 9.73. The lowest BCUT2D eigenvalue weighted by atomic mass is 10.2. The Hall–Kier alpha value is -1.00. The van der Waals surface area contributed by atoms with Crippen LogP contribution in [0, 0.1) is 0 Å². The van der Waals surface area contributed by atoms with Gasteiger partial charge in [0.05, 0.1) is 17.0 Å². The first-order valence-corrected chi connectivity index (χ1v) is 4.52. The van der Waals surface area contributed by atoms with E-state index >= 15 is 0 Å². The standard InChI is InChI=1S/C9H7BrO3/c10-6-3-5-13-9(6)8(11)7-2-1-4-12-7/h1-5,8,11H. The van der Waals surface area contributed by atoms with Crippen LogP contribution in [0.25, 0.3) is 0 Å². The Bertz CT molecular complexity index is 377. The van der Waals surface area contributed by atoms with Crippen molar-refractivity contribution in [2.24, 2.45) is 0 Å². The van der Waals surface area contributed by atoms with Gasteiger partial charge in [0.25, 0.3) is 0 Å². The van der Waals surface area contributed by atoms with E-state index in [9.17, 15) is 5.11 Å². The van der Waals surface area contributed by atoms with Crippen molar-refractivity contribution in [1.82, 2.24) is 0 Å². The van der Waals surface area contributed by atoms with E-state index in [1.807, 2.05) is 0 Å². The summed E-state index contributed by atoms with van der Waals surface area (Å²) in [7, 11) is 0. The molecule has 68 valence electrons. The fraction of sp³-hybridized carbons (Fsp3) is 0.111. The van der Waals surface area contributed by atoms with Crippen molar-refractivity contribution in [1.29, 1.82) is 0 Å². The molecule has 2 rings (SSSR count). The van der Waals surface area contributed by atoms with Gasteiger partial charge in [-0.15, -0.1) is 0 Å². The van der Waals surface area contributed by atoms with Gasteiger partial charge in [-0.25, -0.2) is 0 Å². The molecule has 0 saturated carbocycles. The average Bonchev–Trinajstić information content (AvgIpc) is 2.72. The summed E-state index contributed by atoms with van der Waals surface area (Å²) in [5.74, 6) is 0.922. The first-order valence-electron chi connectivity index (χ1n) is 3.73. The fourth-order valence-corrected chi connectivity index (χ4v) is 1.49. The van der Waals surface area contributed by atoms with Gasteiger partial charge in [0.2, 0.25) is 0 Å². The third-order valence-corrected chi connectivity index (χ3v) is 2.36. The molecule has 2 heterocycles. The Morgan fingerprint density at radius 3 is 2.62 bits per heavy atom. The smallest absolute Gasteiger partial charge is 0.170 e. The lowest BCUT2D eigenvalue weighted by molar-refractivity contribution is 0.161. The molecule has 0 aliphatic heterocycles. The van der Waals surface area contributed by atoms with E-state index in [2.05, 4.69) is 15.9 Å². The molecule has 0 aromatic carbocycles. The van der Waals surface area contributed by atoms with Crippen molar-refractivity contribution in [3.8, 4) is 0 Å². The molecule has 13 heavy (non-hydrogen) atoms. The van der Waals surface area contributed by atoms with Crippen LogP contribution in [-0.4, -0.2) is 5.11 Å². The third kappa shape index (κ3) is 1.55. The van der Waals surface area contributed by atoms with Gasteiger partial charge in [0.1, 0.15) is 5.76 Å². The largest absolute Gasteiger partial charge is 0.466 e. The van der Waals surface area contributed by atoms with Gasteiger partial charge in [-0.3, -0.25) is 0 Å². The number of hydrogen-bond donors (Lipinski definition) is 1. The van der Waals surface area contributed by atoms with E-state index in [4.69, 9.17) is 8.83 Å². The van der Waals surface area contributed by atoms with Crippen molar-refractivity contribution in [2.75, 3.05) is 0 Å². The number of hydrogen-bond acceptors (Lipinski definition) is 3. The van der Waals surface area contributed by atoms with Crippen molar-refractivity contribution < 1.29 is 13.9 Å². The van der Waals surface area contributed by atoms with Gasteiger partial charge in [0.15, 0.2) is 11.9 Å². The van der Waals surface area contributed by atoms with Crippen LogP contribution in [0.5, 0.6) is 0 Å². The second-order valence-electron chi connectivity index (χ2n) is 2.55. The molecule has 0 spiro atoms. The van der Waals surface area contributed by atoms with E-state index in [0.717, 1.165) is 4.47 Å². The van der Waals surface area contributed by atoms with Crippen molar-refractivity contribution in [3.63, 3.8) is 0 Å². The van der Waals surface area contributed by atoms with E-state index in [1.54, 1.807) is 18.2 Å². The van der Waals surface area contributed by atoms with Crippen molar-refractivity contribution >= 4 is 15.9 Å². The van der Waals surface area contributed by atoms with Gasteiger partial charge in [-0.1, -0.05) is 0 Å². The zero-order valence-electron chi connectivity index (χ0n) is 6.61. The van der Waals surface area contributed by atoms with Crippen LogP contribution in [0.3, 0.4) is 0 Å². The number of furan rings is 2. The van der Waals surface area contributed by atoms with Crippen LogP contribution in [0.4, 0.5) is 0 Å². The van der Waals surface area contributed by atoms with E-state index in [0.29, 0.717) is 11.5 Å². The molecule has 1 unspecified atom stereocenters. The van der Waals surface area contributed by atoms with Crippen LogP contribution in [-0.2, 0) is 0 Å². The minimum absolute atomic E-state index is 0.454. The number of halogens is 1. The summed E-state index contributed by atoms with van der Waals surface area (Å²) in [5.41, 5.74) is 0. The third-order valence-electron chi connectivity index (χ3n) is 1.71. The van der Waals surface area contributed by atoms with Gasteiger partial charge in [-0.2, -0.15) is 0 Å². The summed E-state index contributed by atoms with van der Waals surface area (Å²) in [6.45, 7) is 0. The maximum absolute atomic E-state index is 9.73. The first kappa shape index (κ1) is 8.59. The number of aliphatic hydroxyl groups excluding tert-OH is 1. The van der Waals surface area contributed by atoms with Gasteiger partial charge in [-0.05, 0) is 34.1 Å². The zero-order valence-corrected chi connectivity index (χ0v) is 8.19. The molecule has 4 heteroatoms. The SMILES string of the molecule is OC(c1ccco1)c1occc1Br. The Balaban J connectivity index is 2.33. The van der Waals surface area contributed by atoms with E-state index in [1.165, 1.54) is 12.5 Å². The summed E-state index contributed by atoms with van der Waals surface area (Å²) in [4.78, 5) is 0. The average molecular weight is 243 g/mol. The van der Waals surface area contributed by atoms with Crippen LogP contribution in [0.15, 0.2) is 44.0 Å². The Morgan fingerprint density at radius 2 is 2.08 bits per heavy atom. The zero-order chi connectivity index (χ0) is 9.26. The molecule has 0 aliphatic rings. The quantitative estimate of drug-likeness (QED) is 0.881. The van der Waals surface area contributed by atoms with Crippen LogP contribution >= 0.6 is 15.9 Å². The van der Waals surface area contributed by atoms with Crippen LogP contribution < -0.4 is 0 Å².